The Balaban J connectivity index is 1.76. The zero-order valence-corrected chi connectivity index (χ0v) is 10.3. The Morgan fingerprint density at radius 1 is 1.06 bits per heavy atom. The third-order valence-corrected chi connectivity index (χ3v) is 4.34. The Bertz CT molecular complexity index is 242. The van der Waals surface area contributed by atoms with E-state index in [2.05, 4.69) is 11.0 Å². The van der Waals surface area contributed by atoms with Crippen molar-refractivity contribution in [2.45, 2.75) is 63.8 Å². The minimum Gasteiger partial charge on any atom is -0.300 e. The average molecular weight is 220 g/mol. The number of rotatable bonds is 4. The van der Waals surface area contributed by atoms with Crippen LogP contribution in [-0.4, -0.2) is 24.0 Å². The van der Waals surface area contributed by atoms with E-state index in [4.69, 9.17) is 5.26 Å². The molecule has 2 fully saturated rings. The number of hydrogen-bond donors (Lipinski definition) is 0. The summed E-state index contributed by atoms with van der Waals surface area (Å²) in [4.78, 5) is 2.73. The third kappa shape index (κ3) is 2.98. The maximum Gasteiger partial charge on any atom is 0.0621 e. The van der Waals surface area contributed by atoms with Crippen molar-refractivity contribution in [3.63, 3.8) is 0 Å². The lowest BCUT2D eigenvalue weighted by Crippen LogP contribution is -2.46. The first-order valence-electron chi connectivity index (χ1n) is 7.03. The normalized spacial score (nSPS) is 30.7. The smallest absolute Gasteiger partial charge is 0.0621 e. The molecule has 2 atom stereocenters. The van der Waals surface area contributed by atoms with Gasteiger partial charge in [-0.15, -0.1) is 0 Å². The fourth-order valence-electron chi connectivity index (χ4n) is 3.52. The summed E-state index contributed by atoms with van der Waals surface area (Å²) >= 11 is 0. The van der Waals surface area contributed by atoms with Crippen molar-refractivity contribution in [2.75, 3.05) is 13.1 Å². The molecule has 0 unspecified atom stereocenters. The first kappa shape index (κ1) is 11.9. The summed E-state index contributed by atoms with van der Waals surface area (Å²) in [6, 6.07) is 3.14. The standard InChI is InChI=1S/C14H24N2/c15-10-4-1-5-11-16-12-6-8-13-7-2-3-9-14(13)16/h13-14H,1-9,11-12H2/t13-,14+/m0/s1. The quantitative estimate of drug-likeness (QED) is 0.679. The van der Waals surface area contributed by atoms with Crippen LogP contribution in [-0.2, 0) is 0 Å². The lowest BCUT2D eigenvalue weighted by molar-refractivity contribution is 0.0598. The first-order chi connectivity index (χ1) is 7.92. The summed E-state index contributed by atoms with van der Waals surface area (Å²) in [5.41, 5.74) is 0. The largest absolute Gasteiger partial charge is 0.300 e. The van der Waals surface area contributed by atoms with Gasteiger partial charge >= 0.3 is 0 Å². The van der Waals surface area contributed by atoms with E-state index >= 15 is 0 Å². The first-order valence-corrected chi connectivity index (χ1v) is 7.03. The molecule has 2 nitrogen and oxygen atoms in total. The van der Waals surface area contributed by atoms with E-state index < -0.39 is 0 Å². The van der Waals surface area contributed by atoms with Crippen molar-refractivity contribution in [3.05, 3.63) is 0 Å². The number of nitriles is 1. The van der Waals surface area contributed by atoms with Gasteiger partial charge in [-0.2, -0.15) is 5.26 Å². The van der Waals surface area contributed by atoms with E-state index in [9.17, 15) is 0 Å². The molecule has 2 heteroatoms. The van der Waals surface area contributed by atoms with Gasteiger partial charge < -0.3 is 4.90 Å². The number of unbranched alkanes of at least 4 members (excludes halogenated alkanes) is 2. The van der Waals surface area contributed by atoms with Crippen molar-refractivity contribution >= 4 is 0 Å². The minimum absolute atomic E-state index is 0.738. The fourth-order valence-corrected chi connectivity index (χ4v) is 3.52. The van der Waals surface area contributed by atoms with Crippen molar-refractivity contribution in [2.24, 2.45) is 5.92 Å². The van der Waals surface area contributed by atoms with Gasteiger partial charge in [-0.1, -0.05) is 12.8 Å². The molecule has 1 aliphatic heterocycles. The van der Waals surface area contributed by atoms with E-state index in [1.165, 1.54) is 58.0 Å². The van der Waals surface area contributed by atoms with Gasteiger partial charge in [-0.05, 0) is 57.5 Å². The van der Waals surface area contributed by atoms with E-state index in [0.29, 0.717) is 0 Å². The molecule has 0 radical (unpaired) electrons. The monoisotopic (exact) mass is 220 g/mol. The Labute approximate surface area is 99.6 Å². The molecule has 2 aliphatic rings. The molecule has 1 saturated heterocycles. The van der Waals surface area contributed by atoms with Crippen molar-refractivity contribution in [3.8, 4) is 6.07 Å². The van der Waals surface area contributed by atoms with E-state index in [1.54, 1.807) is 0 Å². The van der Waals surface area contributed by atoms with Crippen LogP contribution in [0.25, 0.3) is 0 Å². The Morgan fingerprint density at radius 3 is 2.75 bits per heavy atom. The van der Waals surface area contributed by atoms with Crippen LogP contribution in [0.1, 0.15) is 57.8 Å². The Hall–Kier alpha value is -0.550. The SMILES string of the molecule is N#CCCCCN1CCC[C@@H]2CCCC[C@H]21. The number of hydrogen-bond acceptors (Lipinski definition) is 2. The van der Waals surface area contributed by atoms with Crippen molar-refractivity contribution in [1.82, 2.24) is 4.90 Å². The lowest BCUT2D eigenvalue weighted by atomic mass is 9.78. The number of nitrogens with zero attached hydrogens (tertiary/aromatic N) is 2. The van der Waals surface area contributed by atoms with Crippen molar-refractivity contribution < 1.29 is 0 Å². The van der Waals surface area contributed by atoms with Gasteiger partial charge in [0.25, 0.3) is 0 Å². The maximum atomic E-state index is 8.53. The molecule has 0 spiro atoms. The molecule has 0 aromatic carbocycles. The summed E-state index contributed by atoms with van der Waals surface area (Å²) < 4.78 is 0. The highest BCUT2D eigenvalue weighted by atomic mass is 15.2. The van der Waals surface area contributed by atoms with Crippen LogP contribution < -0.4 is 0 Å². The van der Waals surface area contributed by atoms with Gasteiger partial charge in [-0.3, -0.25) is 0 Å². The molecule has 0 N–H and O–H groups in total. The average Bonchev–Trinajstić information content (AvgIpc) is 2.35. The van der Waals surface area contributed by atoms with E-state index in [0.717, 1.165) is 24.8 Å². The molecule has 1 aliphatic carbocycles. The molecular formula is C14H24N2. The van der Waals surface area contributed by atoms with Gasteiger partial charge in [0, 0.05) is 12.5 Å². The summed E-state index contributed by atoms with van der Waals surface area (Å²) in [6.07, 6.45) is 11.7. The highest BCUT2D eigenvalue weighted by Gasteiger charge is 2.32. The van der Waals surface area contributed by atoms with E-state index in [1.807, 2.05) is 0 Å². The molecule has 90 valence electrons. The highest BCUT2D eigenvalue weighted by molar-refractivity contribution is 4.87. The molecule has 16 heavy (non-hydrogen) atoms. The molecule has 0 bridgehead atoms. The second-order valence-corrected chi connectivity index (χ2v) is 5.41. The highest BCUT2D eigenvalue weighted by Crippen LogP contribution is 2.35. The molecular weight excluding hydrogens is 196 g/mol. The molecule has 1 saturated carbocycles. The zero-order chi connectivity index (χ0) is 11.2. The van der Waals surface area contributed by atoms with E-state index in [-0.39, 0.29) is 0 Å². The number of fused-ring (bicyclic) bond motifs is 1. The summed E-state index contributed by atoms with van der Waals surface area (Å²) in [5, 5.41) is 8.53. The minimum atomic E-state index is 0.738. The maximum absolute atomic E-state index is 8.53. The fraction of sp³-hybridized carbons (Fsp3) is 0.929. The molecule has 2 rings (SSSR count). The molecule has 0 aromatic heterocycles. The summed E-state index contributed by atoms with van der Waals surface area (Å²) in [6.45, 7) is 2.55. The van der Waals surface area contributed by atoms with Crippen LogP contribution in [0.4, 0.5) is 0 Å². The predicted molar refractivity (Wildman–Crippen MR) is 66.0 cm³/mol. The van der Waals surface area contributed by atoms with Gasteiger partial charge in [0.15, 0.2) is 0 Å². The number of piperidine rings is 1. The second kappa shape index (κ2) is 6.25. The van der Waals surface area contributed by atoms with Crippen LogP contribution in [0.2, 0.25) is 0 Å². The Morgan fingerprint density at radius 2 is 1.88 bits per heavy atom. The van der Waals surface area contributed by atoms with Crippen molar-refractivity contribution in [1.29, 1.82) is 5.26 Å². The van der Waals surface area contributed by atoms with Gasteiger partial charge in [0.2, 0.25) is 0 Å². The van der Waals surface area contributed by atoms with Crippen LogP contribution >= 0.6 is 0 Å². The number of likely N-dealkylation sites (tertiary alicyclic amines) is 1. The summed E-state index contributed by atoms with van der Waals surface area (Å²) in [5.74, 6) is 0.999. The lowest BCUT2D eigenvalue weighted by Gasteiger charge is -2.44. The van der Waals surface area contributed by atoms with Gasteiger partial charge in [0.05, 0.1) is 6.07 Å². The van der Waals surface area contributed by atoms with Crippen LogP contribution in [0.15, 0.2) is 0 Å². The molecule has 0 aromatic rings. The van der Waals surface area contributed by atoms with Gasteiger partial charge in [-0.25, -0.2) is 0 Å². The predicted octanol–water partition coefficient (Wildman–Crippen LogP) is 3.33. The van der Waals surface area contributed by atoms with Crippen LogP contribution in [0, 0.1) is 17.2 Å². The Kier molecular flexibility index (Phi) is 4.66. The van der Waals surface area contributed by atoms with Crippen LogP contribution in [0.5, 0.6) is 0 Å². The topological polar surface area (TPSA) is 27.0 Å². The summed E-state index contributed by atoms with van der Waals surface area (Å²) in [7, 11) is 0. The van der Waals surface area contributed by atoms with Crippen LogP contribution in [0.3, 0.4) is 0 Å². The molecule has 0 amide bonds. The van der Waals surface area contributed by atoms with Gasteiger partial charge in [0.1, 0.15) is 0 Å². The third-order valence-electron chi connectivity index (χ3n) is 4.34. The second-order valence-electron chi connectivity index (χ2n) is 5.41. The zero-order valence-electron chi connectivity index (χ0n) is 10.3. The molecule has 1 heterocycles.